The molecule has 1 fully saturated rings. The number of imidazole rings is 1. The third-order valence-corrected chi connectivity index (χ3v) is 5.30. The van der Waals surface area contributed by atoms with E-state index < -0.39 is 0 Å². The Kier molecular flexibility index (Phi) is 5.86. The second-order valence-electron chi connectivity index (χ2n) is 7.27. The van der Waals surface area contributed by atoms with Crippen molar-refractivity contribution in [3.05, 3.63) is 36.2 Å². The van der Waals surface area contributed by atoms with E-state index in [9.17, 15) is 4.79 Å². The summed E-state index contributed by atoms with van der Waals surface area (Å²) >= 11 is 0. The van der Waals surface area contributed by atoms with Crippen molar-refractivity contribution in [3.63, 3.8) is 0 Å². The van der Waals surface area contributed by atoms with Crippen molar-refractivity contribution in [3.8, 4) is 5.95 Å². The fourth-order valence-electron chi connectivity index (χ4n) is 3.72. The van der Waals surface area contributed by atoms with Crippen LogP contribution in [0.25, 0.3) is 17.0 Å². The Balaban J connectivity index is 1.46. The number of ether oxygens (including phenoxy) is 2. The number of amides is 1. The number of nitrogens with zero attached hydrogens (tertiary/aromatic N) is 4. The highest BCUT2D eigenvalue weighted by molar-refractivity contribution is 6.03. The van der Waals surface area contributed by atoms with Crippen molar-refractivity contribution in [2.75, 3.05) is 20.3 Å². The molecule has 0 aliphatic heterocycles. The predicted molar refractivity (Wildman–Crippen MR) is 107 cm³/mol. The number of H-pyrrole nitrogens is 1. The van der Waals surface area contributed by atoms with Gasteiger partial charge < -0.3 is 19.8 Å². The average Bonchev–Trinajstić information content (AvgIpc) is 3.37. The minimum atomic E-state index is -0.192. The van der Waals surface area contributed by atoms with Gasteiger partial charge in [0.15, 0.2) is 5.69 Å². The van der Waals surface area contributed by atoms with Crippen LogP contribution in [-0.2, 0) is 9.47 Å². The van der Waals surface area contributed by atoms with E-state index in [4.69, 9.17) is 9.47 Å². The second-order valence-corrected chi connectivity index (χ2v) is 7.27. The predicted octanol–water partition coefficient (Wildman–Crippen LogP) is 2.16. The number of aryl methyl sites for hydroxylation is 1. The van der Waals surface area contributed by atoms with Gasteiger partial charge in [0, 0.05) is 31.7 Å². The summed E-state index contributed by atoms with van der Waals surface area (Å²) in [5, 5.41) is 3.14. The minimum absolute atomic E-state index is 0.114. The number of rotatable bonds is 7. The van der Waals surface area contributed by atoms with Gasteiger partial charge in [-0.2, -0.15) is 0 Å². The van der Waals surface area contributed by atoms with Crippen LogP contribution in [-0.4, -0.2) is 62.9 Å². The monoisotopic (exact) mass is 398 g/mol. The van der Waals surface area contributed by atoms with Crippen LogP contribution >= 0.6 is 0 Å². The Hall–Kier alpha value is -2.78. The van der Waals surface area contributed by atoms with Crippen molar-refractivity contribution in [2.45, 2.75) is 44.8 Å². The first-order chi connectivity index (χ1) is 14.2. The Morgan fingerprint density at radius 3 is 2.83 bits per heavy atom. The third-order valence-electron chi connectivity index (χ3n) is 5.30. The maximum Gasteiger partial charge on any atom is 0.272 e. The molecule has 154 valence electrons. The first kappa shape index (κ1) is 19.5. The standard InChI is InChI=1S/C20H26N6O3/c1-13-21-9-10-26(13)20-24-16-7-8-22-17(16)18(25-20)19(27)23-14-3-5-15(6-4-14)29-12-11-28-2/h7-10,14-15,22H,3-6,11-12H2,1-2H3,(H,23,27). The molecule has 4 rings (SSSR count). The van der Waals surface area contributed by atoms with Crippen LogP contribution in [0.2, 0.25) is 0 Å². The zero-order chi connectivity index (χ0) is 20.2. The highest BCUT2D eigenvalue weighted by Gasteiger charge is 2.25. The maximum absolute atomic E-state index is 13.0. The number of aromatic nitrogens is 5. The zero-order valence-electron chi connectivity index (χ0n) is 16.7. The van der Waals surface area contributed by atoms with E-state index in [2.05, 4.69) is 25.3 Å². The molecule has 0 aromatic carbocycles. The lowest BCUT2D eigenvalue weighted by Gasteiger charge is -2.29. The third kappa shape index (κ3) is 4.30. The quantitative estimate of drug-likeness (QED) is 0.591. The number of nitrogens with one attached hydrogen (secondary N) is 2. The van der Waals surface area contributed by atoms with Crippen LogP contribution in [0.4, 0.5) is 0 Å². The fraction of sp³-hybridized carbons (Fsp3) is 0.500. The van der Waals surface area contributed by atoms with Crippen LogP contribution in [0, 0.1) is 6.92 Å². The van der Waals surface area contributed by atoms with Crippen LogP contribution < -0.4 is 5.32 Å². The molecule has 3 heterocycles. The molecule has 3 aromatic rings. The molecule has 3 aromatic heterocycles. The molecule has 1 aliphatic carbocycles. The molecule has 0 unspecified atom stereocenters. The molecular weight excluding hydrogens is 372 g/mol. The van der Waals surface area contributed by atoms with Gasteiger partial charge in [-0.15, -0.1) is 0 Å². The second kappa shape index (κ2) is 8.71. The van der Waals surface area contributed by atoms with Gasteiger partial charge >= 0.3 is 0 Å². The lowest BCUT2D eigenvalue weighted by atomic mass is 9.93. The summed E-state index contributed by atoms with van der Waals surface area (Å²) in [6.45, 7) is 3.09. The molecule has 0 radical (unpaired) electrons. The van der Waals surface area contributed by atoms with Crippen molar-refractivity contribution in [2.24, 2.45) is 0 Å². The van der Waals surface area contributed by atoms with Gasteiger partial charge in [-0.3, -0.25) is 9.36 Å². The van der Waals surface area contributed by atoms with Crippen LogP contribution in [0.5, 0.6) is 0 Å². The molecule has 9 nitrogen and oxygen atoms in total. The Morgan fingerprint density at radius 2 is 2.10 bits per heavy atom. The van der Waals surface area contributed by atoms with Gasteiger partial charge in [-0.25, -0.2) is 15.0 Å². The zero-order valence-corrected chi connectivity index (χ0v) is 16.7. The summed E-state index contributed by atoms with van der Waals surface area (Å²) in [4.78, 5) is 29.4. The summed E-state index contributed by atoms with van der Waals surface area (Å²) in [5.74, 6) is 1.01. The average molecular weight is 398 g/mol. The summed E-state index contributed by atoms with van der Waals surface area (Å²) < 4.78 is 12.6. The molecule has 2 N–H and O–H groups in total. The van der Waals surface area contributed by atoms with Crippen molar-refractivity contribution in [1.82, 2.24) is 29.8 Å². The smallest absolute Gasteiger partial charge is 0.272 e. The minimum Gasteiger partial charge on any atom is -0.382 e. The van der Waals surface area contributed by atoms with Gasteiger partial charge in [0.25, 0.3) is 5.91 Å². The van der Waals surface area contributed by atoms with E-state index in [0.29, 0.717) is 35.9 Å². The molecule has 9 heteroatoms. The lowest BCUT2D eigenvalue weighted by molar-refractivity contribution is -0.00409. The molecule has 0 spiro atoms. The molecule has 1 aliphatic rings. The highest BCUT2D eigenvalue weighted by atomic mass is 16.5. The largest absolute Gasteiger partial charge is 0.382 e. The summed E-state index contributed by atoms with van der Waals surface area (Å²) in [6.07, 6.45) is 9.10. The molecule has 29 heavy (non-hydrogen) atoms. The Bertz CT molecular complexity index is 974. The van der Waals surface area contributed by atoms with Crippen LogP contribution in [0.15, 0.2) is 24.7 Å². The van der Waals surface area contributed by atoms with Crippen molar-refractivity contribution < 1.29 is 14.3 Å². The molecule has 1 amide bonds. The van der Waals surface area contributed by atoms with Gasteiger partial charge in [-0.1, -0.05) is 0 Å². The molecule has 1 saturated carbocycles. The summed E-state index contributed by atoms with van der Waals surface area (Å²) in [5.41, 5.74) is 1.69. The van der Waals surface area contributed by atoms with Gasteiger partial charge in [0.1, 0.15) is 5.82 Å². The van der Waals surface area contributed by atoms with Crippen LogP contribution in [0.3, 0.4) is 0 Å². The lowest BCUT2D eigenvalue weighted by Crippen LogP contribution is -2.39. The van der Waals surface area contributed by atoms with E-state index in [1.165, 1.54) is 0 Å². The first-order valence-corrected chi connectivity index (χ1v) is 9.92. The van der Waals surface area contributed by atoms with Crippen LogP contribution in [0.1, 0.15) is 42.0 Å². The molecule has 0 atom stereocenters. The maximum atomic E-state index is 13.0. The SMILES string of the molecule is COCCOC1CCC(NC(=O)c2nc(-n3ccnc3C)nc3cc[nH]c23)CC1. The van der Waals surface area contributed by atoms with E-state index in [1.54, 1.807) is 30.3 Å². The van der Waals surface area contributed by atoms with Crippen molar-refractivity contribution >= 4 is 16.9 Å². The van der Waals surface area contributed by atoms with Gasteiger partial charge in [0.05, 0.1) is 30.4 Å². The van der Waals surface area contributed by atoms with Gasteiger partial charge in [0.2, 0.25) is 5.95 Å². The fourth-order valence-corrected chi connectivity index (χ4v) is 3.72. The number of methoxy groups -OCH3 is 1. The summed E-state index contributed by atoms with van der Waals surface area (Å²) in [7, 11) is 1.67. The first-order valence-electron chi connectivity index (χ1n) is 9.92. The highest BCUT2D eigenvalue weighted by Crippen LogP contribution is 2.22. The van der Waals surface area contributed by atoms with E-state index in [0.717, 1.165) is 31.5 Å². The number of carbonyl (C=O) groups is 1. The number of hydrogen-bond acceptors (Lipinski definition) is 6. The van der Waals surface area contributed by atoms with Gasteiger partial charge in [-0.05, 0) is 38.7 Å². The number of hydrogen-bond donors (Lipinski definition) is 2. The van der Waals surface area contributed by atoms with Crippen molar-refractivity contribution in [1.29, 1.82) is 0 Å². The van der Waals surface area contributed by atoms with E-state index in [-0.39, 0.29) is 18.1 Å². The number of carbonyl (C=O) groups excluding carboxylic acids is 1. The van der Waals surface area contributed by atoms with E-state index in [1.807, 2.05) is 13.0 Å². The molecule has 0 saturated heterocycles. The Morgan fingerprint density at radius 1 is 1.28 bits per heavy atom. The summed E-state index contributed by atoms with van der Waals surface area (Å²) in [6, 6.07) is 1.95. The molecular formula is C20H26N6O3. The topological polar surface area (TPSA) is 107 Å². The Labute approximate surface area is 168 Å². The molecule has 0 bridgehead atoms. The number of fused-ring (bicyclic) bond motifs is 1. The van der Waals surface area contributed by atoms with E-state index >= 15 is 0 Å². The number of aromatic amines is 1. The normalized spacial score (nSPS) is 19.5.